The van der Waals surface area contributed by atoms with E-state index in [4.69, 9.17) is 18.9 Å². The van der Waals surface area contributed by atoms with Crippen molar-refractivity contribution in [3.63, 3.8) is 0 Å². The highest BCUT2D eigenvalue weighted by atomic mass is 16.7. The van der Waals surface area contributed by atoms with Gasteiger partial charge in [0.25, 0.3) is 0 Å². The molecule has 0 amide bonds. The molecule has 7 heteroatoms. The van der Waals surface area contributed by atoms with E-state index >= 15 is 0 Å². The number of allylic oxidation sites excluding steroid dienone is 1. The first-order valence-corrected chi connectivity index (χ1v) is 10.0. The highest BCUT2D eigenvalue weighted by Crippen LogP contribution is 2.35. The summed E-state index contributed by atoms with van der Waals surface area (Å²) in [5.41, 5.74) is 3.21. The molecular weight excluding hydrogens is 396 g/mol. The average molecular weight is 420 g/mol. The van der Waals surface area contributed by atoms with E-state index in [9.17, 15) is 4.79 Å². The van der Waals surface area contributed by atoms with Crippen molar-refractivity contribution in [2.75, 3.05) is 13.9 Å². The van der Waals surface area contributed by atoms with Crippen molar-refractivity contribution in [1.29, 1.82) is 0 Å². The fourth-order valence-corrected chi connectivity index (χ4v) is 3.41. The molecule has 1 aliphatic rings. The maximum Gasteiger partial charge on any atom is 0.231 e. The van der Waals surface area contributed by atoms with Crippen LogP contribution in [-0.4, -0.2) is 29.5 Å². The number of ketones is 1. The molecule has 160 valence electrons. The largest absolute Gasteiger partial charge is 0.496 e. The number of fused-ring (bicyclic) bond motifs is 1. The number of aromatic nitrogens is 2. The molecule has 7 nitrogen and oxygen atoms in total. The van der Waals surface area contributed by atoms with Gasteiger partial charge in [0.1, 0.15) is 18.1 Å². The van der Waals surface area contributed by atoms with E-state index in [1.807, 2.05) is 44.2 Å². The Balaban J connectivity index is 1.48. The lowest BCUT2D eigenvalue weighted by atomic mass is 10.1. The molecule has 0 aliphatic carbocycles. The predicted molar refractivity (Wildman–Crippen MR) is 116 cm³/mol. The quantitative estimate of drug-likeness (QED) is 0.397. The number of carbonyl (C=O) groups is 1. The molecule has 0 atom stereocenters. The Bertz CT molecular complexity index is 1130. The second-order valence-corrected chi connectivity index (χ2v) is 7.03. The zero-order valence-corrected chi connectivity index (χ0v) is 17.8. The van der Waals surface area contributed by atoms with Crippen LogP contribution in [0.25, 0.3) is 6.08 Å². The normalized spacial score (nSPS) is 12.4. The molecular formula is C24H24N2O5. The number of nitrogens with zero attached hydrogens (tertiary/aromatic N) is 2. The minimum atomic E-state index is -0.0776. The molecule has 0 N–H and O–H groups in total. The van der Waals surface area contributed by atoms with Crippen LogP contribution in [0.2, 0.25) is 0 Å². The van der Waals surface area contributed by atoms with Crippen LogP contribution in [0.5, 0.6) is 23.0 Å². The van der Waals surface area contributed by atoms with Gasteiger partial charge in [-0.25, -0.2) is 0 Å². The summed E-state index contributed by atoms with van der Waals surface area (Å²) in [5.74, 6) is 2.68. The minimum Gasteiger partial charge on any atom is -0.496 e. The van der Waals surface area contributed by atoms with Crippen molar-refractivity contribution in [2.24, 2.45) is 0 Å². The highest BCUT2D eigenvalue weighted by molar-refractivity contribution is 6.07. The van der Waals surface area contributed by atoms with Crippen LogP contribution in [0, 0.1) is 6.92 Å². The lowest BCUT2D eigenvalue weighted by molar-refractivity contribution is 0.104. The molecule has 0 radical (unpaired) electrons. The molecule has 0 saturated heterocycles. The van der Waals surface area contributed by atoms with Crippen LogP contribution in [0.15, 0.2) is 48.7 Å². The van der Waals surface area contributed by atoms with E-state index in [1.54, 1.807) is 36.2 Å². The Kier molecular flexibility index (Phi) is 5.93. The fraction of sp³-hybridized carbons (Fsp3) is 0.250. The topological polar surface area (TPSA) is 71.8 Å². The van der Waals surface area contributed by atoms with Gasteiger partial charge in [0.05, 0.1) is 18.9 Å². The predicted octanol–water partition coefficient (Wildman–Crippen LogP) is 4.42. The van der Waals surface area contributed by atoms with Crippen LogP contribution < -0.4 is 18.9 Å². The summed E-state index contributed by atoms with van der Waals surface area (Å²) in [5, 5.41) is 4.23. The first-order valence-electron chi connectivity index (χ1n) is 10.0. The Morgan fingerprint density at radius 2 is 2.03 bits per heavy atom. The zero-order chi connectivity index (χ0) is 21.8. The van der Waals surface area contributed by atoms with Gasteiger partial charge < -0.3 is 18.9 Å². The molecule has 0 unspecified atom stereocenters. The van der Waals surface area contributed by atoms with Gasteiger partial charge in [0.15, 0.2) is 17.3 Å². The van der Waals surface area contributed by atoms with E-state index in [1.165, 1.54) is 0 Å². The molecule has 2 heterocycles. The Labute approximate surface area is 180 Å². The highest BCUT2D eigenvalue weighted by Gasteiger charge is 2.14. The van der Waals surface area contributed by atoms with E-state index in [0.29, 0.717) is 35.2 Å². The monoisotopic (exact) mass is 420 g/mol. The number of hydrogen-bond donors (Lipinski definition) is 0. The van der Waals surface area contributed by atoms with E-state index in [2.05, 4.69) is 5.10 Å². The third kappa shape index (κ3) is 4.40. The summed E-state index contributed by atoms with van der Waals surface area (Å²) < 4.78 is 23.9. The molecule has 31 heavy (non-hydrogen) atoms. The van der Waals surface area contributed by atoms with Gasteiger partial charge in [-0.15, -0.1) is 0 Å². The number of ether oxygens (including phenoxy) is 4. The number of rotatable bonds is 8. The number of methoxy groups -OCH3 is 1. The van der Waals surface area contributed by atoms with E-state index in [-0.39, 0.29) is 12.6 Å². The zero-order valence-electron chi connectivity index (χ0n) is 17.8. The van der Waals surface area contributed by atoms with Gasteiger partial charge in [-0.3, -0.25) is 9.48 Å². The van der Waals surface area contributed by atoms with Crippen molar-refractivity contribution >= 4 is 11.9 Å². The molecule has 3 aromatic rings. The van der Waals surface area contributed by atoms with Crippen molar-refractivity contribution in [2.45, 2.75) is 27.0 Å². The molecule has 0 fully saturated rings. The summed E-state index contributed by atoms with van der Waals surface area (Å²) in [6.07, 6.45) is 4.97. The standard InChI is InChI=1S/C24H24N2O5/c1-4-26-16(2)20(13-25-26)21(27)8-5-17-6-9-22(28-3)18(11-17)14-29-19-7-10-23-24(12-19)31-15-30-23/h5-13H,4,14-15H2,1-3H3/b8-5+. The van der Waals surface area contributed by atoms with Crippen LogP contribution in [0.4, 0.5) is 0 Å². The summed E-state index contributed by atoms with van der Waals surface area (Å²) >= 11 is 0. The van der Waals surface area contributed by atoms with E-state index < -0.39 is 0 Å². The molecule has 4 rings (SSSR count). The molecule has 0 saturated carbocycles. The summed E-state index contributed by atoms with van der Waals surface area (Å²) in [7, 11) is 1.62. The average Bonchev–Trinajstić information content (AvgIpc) is 3.41. The van der Waals surface area contributed by atoms with Gasteiger partial charge in [-0.2, -0.15) is 5.10 Å². The van der Waals surface area contributed by atoms with Crippen molar-refractivity contribution in [3.05, 3.63) is 71.1 Å². The summed E-state index contributed by atoms with van der Waals surface area (Å²) in [6, 6.07) is 11.2. The first-order chi connectivity index (χ1) is 15.1. The third-order valence-electron chi connectivity index (χ3n) is 5.14. The molecule has 2 aromatic carbocycles. The molecule has 0 bridgehead atoms. The van der Waals surface area contributed by atoms with Crippen LogP contribution in [0.1, 0.15) is 34.1 Å². The number of hydrogen-bond acceptors (Lipinski definition) is 6. The SMILES string of the molecule is CCn1ncc(C(=O)/C=C/c2ccc(OC)c(COc3ccc4c(c3)OCO4)c2)c1C. The third-order valence-corrected chi connectivity index (χ3v) is 5.14. The maximum absolute atomic E-state index is 12.6. The van der Waals surface area contributed by atoms with E-state index in [0.717, 1.165) is 23.4 Å². The van der Waals surface area contributed by atoms with Crippen LogP contribution >= 0.6 is 0 Å². The van der Waals surface area contributed by atoms with Crippen molar-refractivity contribution in [1.82, 2.24) is 9.78 Å². The number of aryl methyl sites for hydroxylation is 1. The fourth-order valence-electron chi connectivity index (χ4n) is 3.41. The number of carbonyl (C=O) groups excluding carboxylic acids is 1. The summed E-state index contributed by atoms with van der Waals surface area (Å²) in [6.45, 7) is 5.15. The molecule has 1 aromatic heterocycles. The Morgan fingerprint density at radius 1 is 1.19 bits per heavy atom. The second-order valence-electron chi connectivity index (χ2n) is 7.03. The first kappa shape index (κ1) is 20.5. The van der Waals surface area contributed by atoms with Gasteiger partial charge in [-0.1, -0.05) is 12.1 Å². The van der Waals surface area contributed by atoms with Crippen LogP contribution in [-0.2, 0) is 13.2 Å². The molecule has 0 spiro atoms. The van der Waals surface area contributed by atoms with Crippen LogP contribution in [0.3, 0.4) is 0 Å². The lowest BCUT2D eigenvalue weighted by Gasteiger charge is -2.11. The second kappa shape index (κ2) is 8.95. The Hall–Kier alpha value is -3.74. The maximum atomic E-state index is 12.6. The van der Waals surface area contributed by atoms with Crippen molar-refractivity contribution in [3.8, 4) is 23.0 Å². The lowest BCUT2D eigenvalue weighted by Crippen LogP contribution is -2.02. The molecule has 1 aliphatic heterocycles. The summed E-state index contributed by atoms with van der Waals surface area (Å²) in [4.78, 5) is 12.6. The van der Waals surface area contributed by atoms with Gasteiger partial charge in [0, 0.05) is 23.9 Å². The smallest absolute Gasteiger partial charge is 0.231 e. The van der Waals surface area contributed by atoms with Gasteiger partial charge >= 0.3 is 0 Å². The number of benzene rings is 2. The van der Waals surface area contributed by atoms with Gasteiger partial charge in [0.2, 0.25) is 6.79 Å². The Morgan fingerprint density at radius 3 is 2.81 bits per heavy atom. The van der Waals surface area contributed by atoms with Gasteiger partial charge in [-0.05, 0) is 49.8 Å². The minimum absolute atomic E-state index is 0.0776. The van der Waals surface area contributed by atoms with Crippen molar-refractivity contribution < 1.29 is 23.7 Å².